The maximum atomic E-state index is 12.8. The highest BCUT2D eigenvalue weighted by Gasteiger charge is 2.42. The number of amides is 2. The molecule has 0 bridgehead atoms. The van der Waals surface area contributed by atoms with Crippen LogP contribution in [0, 0.1) is 0 Å². The van der Waals surface area contributed by atoms with Crippen LogP contribution in [0.1, 0.15) is 6.92 Å². The van der Waals surface area contributed by atoms with E-state index >= 15 is 0 Å². The first-order valence-corrected chi connectivity index (χ1v) is 4.96. The first-order chi connectivity index (χ1) is 8.36. The van der Waals surface area contributed by atoms with Gasteiger partial charge in [-0.3, -0.25) is 4.79 Å². The van der Waals surface area contributed by atoms with E-state index in [-0.39, 0.29) is 10.6 Å². The van der Waals surface area contributed by atoms with Crippen LogP contribution in [-0.2, 0) is 4.79 Å². The number of carbonyl (C=O) groups is 1. The Morgan fingerprint density at radius 3 is 2.33 bits per heavy atom. The number of para-hydroxylation sites is 1. The third-order valence-electron chi connectivity index (χ3n) is 1.99. The van der Waals surface area contributed by atoms with Gasteiger partial charge in [-0.05, 0) is 19.1 Å². The maximum Gasteiger partial charge on any atom is 0.493 e. The van der Waals surface area contributed by atoms with Gasteiger partial charge in [-0.1, -0.05) is 18.2 Å². The summed E-state index contributed by atoms with van der Waals surface area (Å²) in [4.78, 5) is 21.3. The Kier molecular flexibility index (Phi) is 4.30. The van der Waals surface area contributed by atoms with Gasteiger partial charge in [0.1, 0.15) is 0 Å². The second kappa shape index (κ2) is 5.52. The van der Waals surface area contributed by atoms with E-state index in [1.807, 2.05) is 5.32 Å². The van der Waals surface area contributed by atoms with Crippen molar-refractivity contribution < 1.29 is 22.8 Å². The van der Waals surface area contributed by atoms with Gasteiger partial charge >= 0.3 is 12.3 Å². The number of anilines is 1. The molecular weight excluding hydrogens is 249 g/mol. The molecule has 1 rings (SSSR count). The predicted octanol–water partition coefficient (Wildman–Crippen LogP) is 2.22. The molecule has 1 aromatic carbocycles. The van der Waals surface area contributed by atoms with Gasteiger partial charge in [0.2, 0.25) is 6.29 Å². The van der Waals surface area contributed by atoms with Crippen molar-refractivity contribution in [3.8, 4) is 0 Å². The molecule has 1 radical (unpaired) electrons. The third-order valence-corrected chi connectivity index (χ3v) is 1.99. The van der Waals surface area contributed by atoms with Gasteiger partial charge in [0.25, 0.3) is 0 Å². The van der Waals surface area contributed by atoms with Crippen molar-refractivity contribution >= 4 is 18.0 Å². The van der Waals surface area contributed by atoms with Gasteiger partial charge in [0, 0.05) is 0 Å². The van der Waals surface area contributed by atoms with Crippen LogP contribution in [0.4, 0.5) is 23.7 Å². The Labute approximate surface area is 101 Å². The zero-order chi connectivity index (χ0) is 13.8. The van der Waals surface area contributed by atoms with Gasteiger partial charge in [-0.25, -0.2) is 9.69 Å². The molecule has 1 N–H and O–H groups in total. The number of hydrogen-bond donors (Lipinski definition) is 1. The summed E-state index contributed by atoms with van der Waals surface area (Å²) >= 11 is 0. The van der Waals surface area contributed by atoms with Gasteiger partial charge in [0.05, 0.1) is 11.7 Å². The molecule has 97 valence electrons. The summed E-state index contributed by atoms with van der Waals surface area (Å²) in [6, 6.07) is 4.01. The summed E-state index contributed by atoms with van der Waals surface area (Å²) in [5.74, 6) is 0. The van der Waals surface area contributed by atoms with Crippen LogP contribution in [-0.4, -0.2) is 24.7 Å². The van der Waals surface area contributed by atoms with E-state index in [1.165, 1.54) is 31.4 Å². The summed E-state index contributed by atoms with van der Waals surface area (Å²) in [6.07, 6.45) is -3.50. The van der Waals surface area contributed by atoms with Gasteiger partial charge in [0.15, 0.2) is 0 Å². The molecule has 0 saturated heterocycles. The smallest absolute Gasteiger partial charge is 0.327 e. The highest BCUT2D eigenvalue weighted by molar-refractivity contribution is 5.93. The molecule has 0 heterocycles. The van der Waals surface area contributed by atoms with Crippen molar-refractivity contribution in [2.24, 2.45) is 0 Å². The zero-order valence-corrected chi connectivity index (χ0v) is 9.36. The summed E-state index contributed by atoms with van der Waals surface area (Å²) in [5.41, 5.74) is -0.333. The van der Waals surface area contributed by atoms with Crippen molar-refractivity contribution in [1.29, 1.82) is 0 Å². The maximum absolute atomic E-state index is 12.8. The lowest BCUT2D eigenvalue weighted by atomic mass is 10.3. The fourth-order valence-corrected chi connectivity index (χ4v) is 1.24. The number of rotatable bonds is 3. The summed E-state index contributed by atoms with van der Waals surface area (Å²) < 4.78 is 38.3. The Bertz CT molecular complexity index is 420. The van der Waals surface area contributed by atoms with E-state index in [0.29, 0.717) is 0 Å². The Morgan fingerprint density at radius 2 is 1.89 bits per heavy atom. The van der Waals surface area contributed by atoms with E-state index in [4.69, 9.17) is 0 Å². The molecule has 2 amide bonds. The SMILES string of the molecule is CC([C]=O)NC(=O)N(c1ccccc1)C(F)(F)F. The lowest BCUT2D eigenvalue weighted by molar-refractivity contribution is -0.121. The van der Waals surface area contributed by atoms with Gasteiger partial charge in [-0.2, -0.15) is 0 Å². The van der Waals surface area contributed by atoms with Gasteiger partial charge < -0.3 is 5.32 Å². The van der Waals surface area contributed by atoms with E-state index in [1.54, 1.807) is 0 Å². The molecule has 0 aliphatic rings. The molecule has 18 heavy (non-hydrogen) atoms. The van der Waals surface area contributed by atoms with Crippen LogP contribution in [0.25, 0.3) is 0 Å². The van der Waals surface area contributed by atoms with E-state index < -0.39 is 18.4 Å². The number of nitrogens with one attached hydrogen (secondary N) is 1. The normalized spacial score (nSPS) is 12.7. The molecule has 7 heteroatoms. The molecular formula is C11H10F3N2O2. The van der Waals surface area contributed by atoms with E-state index in [9.17, 15) is 22.8 Å². The molecule has 0 aromatic heterocycles. The predicted molar refractivity (Wildman–Crippen MR) is 58.7 cm³/mol. The summed E-state index contributed by atoms with van der Waals surface area (Å²) in [6.45, 7) is 1.23. The van der Waals surface area contributed by atoms with E-state index in [0.717, 1.165) is 12.1 Å². The number of alkyl halides is 3. The molecule has 0 fully saturated rings. The van der Waals surface area contributed by atoms with Crippen LogP contribution in [0.5, 0.6) is 0 Å². The van der Waals surface area contributed by atoms with E-state index in [2.05, 4.69) is 0 Å². The molecule has 4 nitrogen and oxygen atoms in total. The second-order valence-electron chi connectivity index (χ2n) is 3.43. The van der Waals surface area contributed by atoms with Crippen LogP contribution in [0.2, 0.25) is 0 Å². The number of benzene rings is 1. The average molecular weight is 259 g/mol. The first kappa shape index (κ1) is 14.0. The number of carbonyl (C=O) groups excluding carboxylic acids is 2. The molecule has 0 aliphatic heterocycles. The summed E-state index contributed by atoms with van der Waals surface area (Å²) in [5, 5.41) is 1.88. The third kappa shape index (κ3) is 3.47. The zero-order valence-electron chi connectivity index (χ0n) is 9.36. The number of nitrogens with zero attached hydrogens (tertiary/aromatic N) is 1. The standard InChI is InChI=1S/C11H10F3N2O2/c1-8(7-17)15-10(18)16(11(12,13)14)9-5-3-2-4-6-9/h2-6,8H,1H3,(H,15,18). The summed E-state index contributed by atoms with van der Waals surface area (Å²) in [7, 11) is 0. The highest BCUT2D eigenvalue weighted by atomic mass is 19.4. The minimum absolute atomic E-state index is 0.333. The monoisotopic (exact) mass is 259 g/mol. The number of hydrogen-bond acceptors (Lipinski definition) is 2. The molecule has 0 aliphatic carbocycles. The first-order valence-electron chi connectivity index (χ1n) is 4.96. The van der Waals surface area contributed by atoms with Crippen molar-refractivity contribution in [3.63, 3.8) is 0 Å². The van der Waals surface area contributed by atoms with Crippen LogP contribution >= 0.6 is 0 Å². The molecule has 1 aromatic rings. The highest BCUT2D eigenvalue weighted by Crippen LogP contribution is 2.28. The minimum atomic E-state index is -4.88. The fraction of sp³-hybridized carbons (Fsp3) is 0.273. The van der Waals surface area contributed by atoms with Crippen LogP contribution < -0.4 is 10.2 Å². The van der Waals surface area contributed by atoms with Crippen LogP contribution in [0.3, 0.4) is 0 Å². The average Bonchev–Trinajstić information content (AvgIpc) is 2.28. The Morgan fingerprint density at radius 1 is 1.33 bits per heavy atom. The number of halogens is 3. The minimum Gasteiger partial charge on any atom is -0.327 e. The fourth-order valence-electron chi connectivity index (χ4n) is 1.24. The van der Waals surface area contributed by atoms with Crippen LogP contribution in [0.15, 0.2) is 30.3 Å². The van der Waals surface area contributed by atoms with Crippen molar-refractivity contribution in [2.45, 2.75) is 19.3 Å². The number of urea groups is 1. The largest absolute Gasteiger partial charge is 0.493 e. The van der Waals surface area contributed by atoms with Gasteiger partial charge in [-0.15, -0.1) is 13.2 Å². The quantitative estimate of drug-likeness (QED) is 0.846. The second-order valence-corrected chi connectivity index (χ2v) is 3.43. The molecule has 0 spiro atoms. The van der Waals surface area contributed by atoms with Crippen molar-refractivity contribution in [2.75, 3.05) is 4.90 Å². The molecule has 0 saturated carbocycles. The lowest BCUT2D eigenvalue weighted by Gasteiger charge is -2.25. The lowest BCUT2D eigenvalue weighted by Crippen LogP contribution is -2.51. The molecule has 1 unspecified atom stereocenters. The van der Waals surface area contributed by atoms with Crippen molar-refractivity contribution in [3.05, 3.63) is 30.3 Å². The Balaban J connectivity index is 3.01. The van der Waals surface area contributed by atoms with Crippen molar-refractivity contribution in [1.82, 2.24) is 5.32 Å². The topological polar surface area (TPSA) is 49.4 Å². The molecule has 1 atom stereocenters. The Hall–Kier alpha value is -2.05.